The molecule has 1 aliphatic heterocycles. The molecule has 2 fully saturated rings. The second kappa shape index (κ2) is 7.76. The molecule has 2 aliphatic rings. The summed E-state index contributed by atoms with van der Waals surface area (Å²) in [7, 11) is 1.77. The molecule has 1 saturated carbocycles. The molecule has 0 aromatic heterocycles. The van der Waals surface area contributed by atoms with E-state index in [0.29, 0.717) is 24.3 Å². The highest BCUT2D eigenvalue weighted by molar-refractivity contribution is 6.05. The predicted molar refractivity (Wildman–Crippen MR) is 108 cm³/mol. The van der Waals surface area contributed by atoms with E-state index in [1.165, 1.54) is 0 Å². The average Bonchev–Trinajstić information content (AvgIpc) is 3.58. The minimum atomic E-state index is -0.146. The van der Waals surface area contributed by atoms with Crippen LogP contribution in [0.2, 0.25) is 0 Å². The molecule has 28 heavy (non-hydrogen) atoms. The molecule has 2 atom stereocenters. The number of rotatable bonds is 4. The number of morpholine rings is 1. The maximum Gasteiger partial charge on any atom is 0.256 e. The first-order chi connectivity index (χ1) is 13.5. The van der Waals surface area contributed by atoms with Crippen molar-refractivity contribution < 1.29 is 14.3 Å². The SMILES string of the molecule is CC1CN(C(=O)c2ccccc2N(C)C(=O)C2CC2)CC(c2ccccc2)O1. The van der Waals surface area contributed by atoms with Crippen molar-refractivity contribution in [2.45, 2.75) is 32.0 Å². The lowest BCUT2D eigenvalue weighted by molar-refractivity contribution is -0.119. The topological polar surface area (TPSA) is 49.9 Å². The first-order valence-electron chi connectivity index (χ1n) is 9.91. The van der Waals surface area contributed by atoms with Crippen LogP contribution in [0.15, 0.2) is 54.6 Å². The van der Waals surface area contributed by atoms with Crippen molar-refractivity contribution in [2.24, 2.45) is 5.92 Å². The lowest BCUT2D eigenvalue weighted by atomic mass is 10.0. The first-order valence-corrected chi connectivity index (χ1v) is 9.91. The molecular formula is C23H26N2O3. The quantitative estimate of drug-likeness (QED) is 0.816. The lowest BCUT2D eigenvalue weighted by Crippen LogP contribution is -2.46. The third-order valence-electron chi connectivity index (χ3n) is 5.47. The van der Waals surface area contributed by atoms with Crippen molar-refractivity contribution in [3.05, 3.63) is 65.7 Å². The summed E-state index contributed by atoms with van der Waals surface area (Å²) in [4.78, 5) is 29.4. The van der Waals surface area contributed by atoms with Gasteiger partial charge in [-0.1, -0.05) is 42.5 Å². The zero-order valence-corrected chi connectivity index (χ0v) is 16.4. The van der Waals surface area contributed by atoms with Gasteiger partial charge in [0.25, 0.3) is 5.91 Å². The fourth-order valence-electron chi connectivity index (χ4n) is 3.81. The normalized spacial score (nSPS) is 22.0. The highest BCUT2D eigenvalue weighted by Gasteiger charge is 2.35. The van der Waals surface area contributed by atoms with Gasteiger partial charge in [0.2, 0.25) is 5.91 Å². The fourth-order valence-corrected chi connectivity index (χ4v) is 3.81. The van der Waals surface area contributed by atoms with E-state index in [4.69, 9.17) is 4.74 Å². The molecule has 146 valence electrons. The zero-order valence-electron chi connectivity index (χ0n) is 16.4. The number of para-hydroxylation sites is 1. The Labute approximate surface area is 165 Å². The van der Waals surface area contributed by atoms with E-state index in [0.717, 1.165) is 18.4 Å². The number of anilines is 1. The second-order valence-corrected chi connectivity index (χ2v) is 7.74. The molecular weight excluding hydrogens is 352 g/mol. The second-order valence-electron chi connectivity index (χ2n) is 7.74. The maximum absolute atomic E-state index is 13.4. The van der Waals surface area contributed by atoms with Gasteiger partial charge in [0.15, 0.2) is 0 Å². The minimum absolute atomic E-state index is 0.0536. The van der Waals surface area contributed by atoms with Crippen molar-refractivity contribution in [1.29, 1.82) is 0 Å². The summed E-state index contributed by atoms with van der Waals surface area (Å²) in [6.07, 6.45) is 1.69. The molecule has 5 heteroatoms. The van der Waals surface area contributed by atoms with E-state index < -0.39 is 0 Å². The van der Waals surface area contributed by atoms with Gasteiger partial charge in [-0.25, -0.2) is 0 Å². The Morgan fingerprint density at radius 2 is 1.68 bits per heavy atom. The average molecular weight is 378 g/mol. The Morgan fingerprint density at radius 3 is 2.39 bits per heavy atom. The summed E-state index contributed by atoms with van der Waals surface area (Å²) in [6, 6.07) is 17.4. The molecule has 1 saturated heterocycles. The number of nitrogens with zero attached hydrogens (tertiary/aromatic N) is 2. The maximum atomic E-state index is 13.4. The van der Waals surface area contributed by atoms with E-state index in [9.17, 15) is 9.59 Å². The Hall–Kier alpha value is -2.66. The van der Waals surface area contributed by atoms with Gasteiger partial charge in [-0.05, 0) is 37.5 Å². The summed E-state index contributed by atoms with van der Waals surface area (Å²) in [6.45, 7) is 3.03. The van der Waals surface area contributed by atoms with E-state index in [1.54, 1.807) is 11.9 Å². The molecule has 2 aromatic carbocycles. The molecule has 0 spiro atoms. The highest BCUT2D eigenvalue weighted by atomic mass is 16.5. The van der Waals surface area contributed by atoms with Gasteiger partial charge in [0.1, 0.15) is 6.10 Å². The van der Waals surface area contributed by atoms with Gasteiger partial charge < -0.3 is 14.5 Å². The Bertz CT molecular complexity index is 863. The Morgan fingerprint density at radius 1 is 1.00 bits per heavy atom. The van der Waals surface area contributed by atoms with E-state index >= 15 is 0 Å². The smallest absolute Gasteiger partial charge is 0.256 e. The molecule has 0 bridgehead atoms. The minimum Gasteiger partial charge on any atom is -0.367 e. The van der Waals surface area contributed by atoms with Gasteiger partial charge >= 0.3 is 0 Å². The number of benzene rings is 2. The Kier molecular flexibility index (Phi) is 5.18. The van der Waals surface area contributed by atoms with E-state index in [-0.39, 0.29) is 29.9 Å². The third kappa shape index (κ3) is 3.80. The predicted octanol–water partition coefficient (Wildman–Crippen LogP) is 3.66. The molecule has 2 unspecified atom stereocenters. The van der Waals surface area contributed by atoms with Gasteiger partial charge in [-0.2, -0.15) is 0 Å². The Balaban J connectivity index is 1.58. The fraction of sp³-hybridized carbons (Fsp3) is 0.391. The van der Waals surface area contributed by atoms with E-state index in [1.807, 2.05) is 66.4 Å². The van der Waals surface area contributed by atoms with Crippen molar-refractivity contribution in [3.8, 4) is 0 Å². The van der Waals surface area contributed by atoms with Crippen LogP contribution in [0.3, 0.4) is 0 Å². The van der Waals surface area contributed by atoms with Gasteiger partial charge in [-0.3, -0.25) is 9.59 Å². The lowest BCUT2D eigenvalue weighted by Gasteiger charge is -2.37. The van der Waals surface area contributed by atoms with Crippen molar-refractivity contribution in [2.75, 3.05) is 25.0 Å². The van der Waals surface area contributed by atoms with Gasteiger partial charge in [0, 0.05) is 19.5 Å². The van der Waals surface area contributed by atoms with Gasteiger partial charge in [-0.15, -0.1) is 0 Å². The third-order valence-corrected chi connectivity index (χ3v) is 5.47. The molecule has 1 aliphatic carbocycles. The summed E-state index contributed by atoms with van der Waals surface area (Å²) in [5.74, 6) is 0.152. The summed E-state index contributed by atoms with van der Waals surface area (Å²) < 4.78 is 6.09. The molecule has 4 rings (SSSR count). The zero-order chi connectivity index (χ0) is 19.7. The standard InChI is InChI=1S/C23H26N2O3/c1-16-14-25(15-21(28-16)17-8-4-3-5-9-17)23(27)19-10-6-7-11-20(19)24(2)22(26)18-12-13-18/h3-11,16,18,21H,12-15H2,1-2H3. The van der Waals surface area contributed by atoms with Crippen LogP contribution in [0.5, 0.6) is 0 Å². The number of hydrogen-bond donors (Lipinski definition) is 0. The van der Waals surface area contributed by atoms with E-state index in [2.05, 4.69) is 0 Å². The number of amides is 2. The largest absolute Gasteiger partial charge is 0.367 e. The van der Waals surface area contributed by atoms with Crippen molar-refractivity contribution >= 4 is 17.5 Å². The first kappa shape index (κ1) is 18.7. The molecule has 5 nitrogen and oxygen atoms in total. The van der Waals surface area contributed by atoms with Gasteiger partial charge in [0.05, 0.1) is 23.9 Å². The monoisotopic (exact) mass is 378 g/mol. The number of hydrogen-bond acceptors (Lipinski definition) is 3. The van der Waals surface area contributed by atoms with Crippen LogP contribution in [0, 0.1) is 5.92 Å². The molecule has 0 N–H and O–H groups in total. The highest BCUT2D eigenvalue weighted by Crippen LogP contribution is 2.34. The molecule has 0 radical (unpaired) electrons. The van der Waals surface area contributed by atoms with Crippen LogP contribution >= 0.6 is 0 Å². The number of carbonyl (C=O) groups is 2. The van der Waals surface area contributed by atoms with Crippen LogP contribution in [-0.2, 0) is 9.53 Å². The molecule has 1 heterocycles. The summed E-state index contributed by atoms with van der Waals surface area (Å²) in [5, 5.41) is 0. The van der Waals surface area contributed by atoms with Crippen LogP contribution < -0.4 is 4.90 Å². The number of carbonyl (C=O) groups excluding carboxylic acids is 2. The van der Waals surface area contributed by atoms with Crippen LogP contribution in [0.1, 0.15) is 41.8 Å². The van der Waals surface area contributed by atoms with Crippen molar-refractivity contribution in [1.82, 2.24) is 4.90 Å². The summed E-state index contributed by atoms with van der Waals surface area (Å²) >= 11 is 0. The number of ether oxygens (including phenoxy) is 1. The van der Waals surface area contributed by atoms with Crippen LogP contribution in [0.4, 0.5) is 5.69 Å². The van der Waals surface area contributed by atoms with Crippen LogP contribution in [0.25, 0.3) is 0 Å². The van der Waals surface area contributed by atoms with Crippen LogP contribution in [-0.4, -0.2) is 43.0 Å². The molecule has 2 amide bonds. The molecule has 2 aromatic rings. The summed E-state index contributed by atoms with van der Waals surface area (Å²) in [5.41, 5.74) is 2.32. The van der Waals surface area contributed by atoms with Crippen molar-refractivity contribution in [3.63, 3.8) is 0 Å².